The van der Waals surface area contributed by atoms with Crippen LogP contribution < -0.4 is 9.64 Å². The molecule has 2 heterocycles. The van der Waals surface area contributed by atoms with Gasteiger partial charge in [0.1, 0.15) is 5.75 Å². The molecular formula is C24H28N2O3. The van der Waals surface area contributed by atoms with Crippen LogP contribution in [-0.4, -0.2) is 43.0 Å². The molecule has 2 amide bonds. The second kappa shape index (κ2) is 8.68. The average Bonchev–Trinajstić information content (AvgIpc) is 3.19. The van der Waals surface area contributed by atoms with Gasteiger partial charge in [-0.15, -0.1) is 0 Å². The molecule has 0 aliphatic carbocycles. The zero-order valence-electron chi connectivity index (χ0n) is 16.9. The molecule has 0 bridgehead atoms. The fourth-order valence-corrected chi connectivity index (χ4v) is 4.45. The lowest BCUT2D eigenvalue weighted by molar-refractivity contribution is -0.135. The number of anilines is 1. The number of hydrogen-bond donors (Lipinski definition) is 0. The number of piperidine rings is 1. The maximum absolute atomic E-state index is 12.6. The predicted octanol–water partition coefficient (Wildman–Crippen LogP) is 3.84. The molecule has 5 nitrogen and oxygen atoms in total. The van der Waals surface area contributed by atoms with Crippen LogP contribution in [0.5, 0.6) is 5.75 Å². The molecule has 0 saturated carbocycles. The van der Waals surface area contributed by atoms with Gasteiger partial charge >= 0.3 is 0 Å². The van der Waals surface area contributed by atoms with Crippen LogP contribution in [-0.2, 0) is 9.59 Å². The monoisotopic (exact) mass is 392 g/mol. The van der Waals surface area contributed by atoms with Crippen molar-refractivity contribution < 1.29 is 14.3 Å². The minimum absolute atomic E-state index is 0.0298. The molecule has 152 valence electrons. The first-order valence-electron chi connectivity index (χ1n) is 10.5. The van der Waals surface area contributed by atoms with E-state index in [1.807, 2.05) is 35.2 Å². The number of nitrogens with zero attached hydrogens (tertiary/aromatic N) is 2. The summed E-state index contributed by atoms with van der Waals surface area (Å²) >= 11 is 0. The fourth-order valence-electron chi connectivity index (χ4n) is 4.45. The first-order valence-corrected chi connectivity index (χ1v) is 10.5. The summed E-state index contributed by atoms with van der Waals surface area (Å²) in [7, 11) is 0. The Morgan fingerprint density at radius 3 is 2.48 bits per heavy atom. The Bertz CT molecular complexity index is 850. The van der Waals surface area contributed by atoms with Crippen molar-refractivity contribution in [2.45, 2.75) is 32.1 Å². The van der Waals surface area contributed by atoms with Crippen LogP contribution in [0, 0.1) is 5.92 Å². The topological polar surface area (TPSA) is 49.9 Å². The lowest BCUT2D eigenvalue weighted by Crippen LogP contribution is -2.44. The van der Waals surface area contributed by atoms with Crippen LogP contribution in [0.2, 0.25) is 0 Å². The van der Waals surface area contributed by atoms with Crippen LogP contribution in [0.3, 0.4) is 0 Å². The third-order valence-electron chi connectivity index (χ3n) is 6.07. The van der Waals surface area contributed by atoms with E-state index in [0.717, 1.165) is 38.2 Å². The molecule has 2 atom stereocenters. The van der Waals surface area contributed by atoms with E-state index in [0.29, 0.717) is 24.0 Å². The van der Waals surface area contributed by atoms with E-state index >= 15 is 0 Å². The third-order valence-corrected chi connectivity index (χ3v) is 6.07. The highest BCUT2D eigenvalue weighted by Crippen LogP contribution is 2.32. The van der Waals surface area contributed by atoms with E-state index in [4.69, 9.17) is 4.74 Å². The number of likely N-dealkylation sites (tertiary alicyclic amines) is 1. The van der Waals surface area contributed by atoms with E-state index in [1.54, 1.807) is 4.90 Å². The Balaban J connectivity index is 1.28. The van der Waals surface area contributed by atoms with Crippen molar-refractivity contribution in [3.05, 3.63) is 60.2 Å². The molecule has 29 heavy (non-hydrogen) atoms. The lowest BCUT2D eigenvalue weighted by Gasteiger charge is -2.37. The van der Waals surface area contributed by atoms with E-state index < -0.39 is 0 Å². The SMILES string of the molecule is C[C@H]1CN(C(=O)COc2ccc(N3CCCC3=O)cc2)CC[C@H]1c1ccccc1. The van der Waals surface area contributed by atoms with Gasteiger partial charge in [0.2, 0.25) is 5.91 Å². The van der Waals surface area contributed by atoms with Gasteiger partial charge in [0, 0.05) is 31.7 Å². The molecule has 2 saturated heterocycles. The Labute approximate surface area is 172 Å². The molecule has 0 unspecified atom stereocenters. The quantitative estimate of drug-likeness (QED) is 0.777. The molecule has 0 N–H and O–H groups in total. The van der Waals surface area contributed by atoms with Gasteiger partial charge in [-0.25, -0.2) is 0 Å². The van der Waals surface area contributed by atoms with E-state index in [-0.39, 0.29) is 18.4 Å². The predicted molar refractivity (Wildman–Crippen MR) is 113 cm³/mol. The van der Waals surface area contributed by atoms with Gasteiger partial charge in [0.05, 0.1) is 0 Å². The maximum atomic E-state index is 12.6. The molecule has 4 rings (SSSR count). The molecule has 2 aromatic carbocycles. The number of carbonyl (C=O) groups excluding carboxylic acids is 2. The summed E-state index contributed by atoms with van der Waals surface area (Å²) in [6, 6.07) is 18.0. The highest BCUT2D eigenvalue weighted by molar-refractivity contribution is 5.95. The van der Waals surface area contributed by atoms with Crippen molar-refractivity contribution in [3.63, 3.8) is 0 Å². The Kier molecular flexibility index (Phi) is 5.84. The molecule has 0 radical (unpaired) electrons. The largest absolute Gasteiger partial charge is 0.484 e. The van der Waals surface area contributed by atoms with Crippen molar-refractivity contribution in [2.24, 2.45) is 5.92 Å². The van der Waals surface area contributed by atoms with Crippen molar-refractivity contribution in [1.29, 1.82) is 0 Å². The molecule has 0 spiro atoms. The lowest BCUT2D eigenvalue weighted by atomic mass is 9.81. The summed E-state index contributed by atoms with van der Waals surface area (Å²) < 4.78 is 5.72. The first kappa shape index (κ1) is 19.5. The van der Waals surface area contributed by atoms with Crippen LogP contribution in [0.15, 0.2) is 54.6 Å². The number of ether oxygens (including phenoxy) is 1. The molecule has 2 aliphatic rings. The Morgan fingerprint density at radius 2 is 1.83 bits per heavy atom. The normalized spacial score (nSPS) is 22.0. The number of carbonyl (C=O) groups is 2. The summed E-state index contributed by atoms with van der Waals surface area (Å²) in [4.78, 5) is 28.2. The van der Waals surface area contributed by atoms with E-state index in [1.165, 1.54) is 5.56 Å². The van der Waals surface area contributed by atoms with Gasteiger partial charge in [-0.1, -0.05) is 37.3 Å². The fraction of sp³-hybridized carbons (Fsp3) is 0.417. The van der Waals surface area contributed by atoms with Gasteiger partial charge in [0.15, 0.2) is 6.61 Å². The summed E-state index contributed by atoms with van der Waals surface area (Å²) in [5.41, 5.74) is 2.25. The zero-order chi connectivity index (χ0) is 20.2. The van der Waals surface area contributed by atoms with Crippen molar-refractivity contribution in [2.75, 3.05) is 31.1 Å². The Morgan fingerprint density at radius 1 is 1.07 bits per heavy atom. The van der Waals surface area contributed by atoms with Gasteiger partial charge < -0.3 is 14.5 Å². The van der Waals surface area contributed by atoms with Crippen LogP contribution in [0.1, 0.15) is 37.7 Å². The van der Waals surface area contributed by atoms with Gasteiger partial charge in [-0.3, -0.25) is 9.59 Å². The summed E-state index contributed by atoms with van der Waals surface area (Å²) in [5, 5.41) is 0. The van der Waals surface area contributed by atoms with Crippen molar-refractivity contribution in [3.8, 4) is 5.75 Å². The smallest absolute Gasteiger partial charge is 0.260 e. The summed E-state index contributed by atoms with van der Waals surface area (Å²) in [6.45, 7) is 4.57. The number of amides is 2. The zero-order valence-corrected chi connectivity index (χ0v) is 16.9. The molecule has 2 fully saturated rings. The van der Waals surface area contributed by atoms with Crippen LogP contribution in [0.4, 0.5) is 5.69 Å². The number of benzene rings is 2. The highest BCUT2D eigenvalue weighted by atomic mass is 16.5. The minimum atomic E-state index is 0.0298. The van der Waals surface area contributed by atoms with Gasteiger partial charge in [0.25, 0.3) is 5.91 Å². The molecule has 2 aliphatic heterocycles. The van der Waals surface area contributed by atoms with Crippen LogP contribution in [0.25, 0.3) is 0 Å². The van der Waals surface area contributed by atoms with Gasteiger partial charge in [-0.05, 0) is 54.5 Å². The van der Waals surface area contributed by atoms with E-state index in [2.05, 4.69) is 31.2 Å². The average molecular weight is 392 g/mol. The molecular weight excluding hydrogens is 364 g/mol. The summed E-state index contributed by atoms with van der Waals surface area (Å²) in [6.07, 6.45) is 2.51. The summed E-state index contributed by atoms with van der Waals surface area (Å²) in [5.74, 6) is 1.78. The number of rotatable bonds is 5. The second-order valence-corrected chi connectivity index (χ2v) is 8.05. The second-order valence-electron chi connectivity index (χ2n) is 8.05. The molecule has 0 aromatic heterocycles. The van der Waals surface area contributed by atoms with Crippen molar-refractivity contribution in [1.82, 2.24) is 4.90 Å². The highest BCUT2D eigenvalue weighted by Gasteiger charge is 2.29. The van der Waals surface area contributed by atoms with Crippen molar-refractivity contribution >= 4 is 17.5 Å². The third kappa shape index (κ3) is 4.44. The minimum Gasteiger partial charge on any atom is -0.484 e. The van der Waals surface area contributed by atoms with E-state index in [9.17, 15) is 9.59 Å². The standard InChI is InChI=1S/C24H28N2O3/c1-18-16-25(15-13-22(18)19-6-3-2-4-7-19)24(28)17-29-21-11-9-20(10-12-21)26-14-5-8-23(26)27/h2-4,6-7,9-12,18,22H,5,8,13-17H2,1H3/t18-,22+/m0/s1. The Hall–Kier alpha value is -2.82. The van der Waals surface area contributed by atoms with Crippen LogP contribution >= 0.6 is 0 Å². The van der Waals surface area contributed by atoms with Gasteiger partial charge in [-0.2, -0.15) is 0 Å². The maximum Gasteiger partial charge on any atom is 0.260 e. The number of hydrogen-bond acceptors (Lipinski definition) is 3. The molecule has 2 aromatic rings. The first-order chi connectivity index (χ1) is 14.1. The molecule has 5 heteroatoms.